The summed E-state index contributed by atoms with van der Waals surface area (Å²) in [6.45, 7) is 7.52. The fourth-order valence-electron chi connectivity index (χ4n) is 5.36. The maximum absolute atomic E-state index is 13.8. The highest BCUT2D eigenvalue weighted by Gasteiger charge is 2.32. The van der Waals surface area contributed by atoms with Crippen molar-refractivity contribution in [3.05, 3.63) is 63.1 Å². The Morgan fingerprint density at radius 1 is 1.02 bits per heavy atom. The second-order valence-corrected chi connectivity index (χ2v) is 12.2. The number of amides is 3. The molecule has 2 aromatic rings. The van der Waals surface area contributed by atoms with Gasteiger partial charge < -0.3 is 24.8 Å². The second-order valence-electron chi connectivity index (χ2n) is 11.4. The molecule has 0 aromatic heterocycles. The molecule has 0 radical (unpaired) electrons. The third-order valence-corrected chi connectivity index (χ3v) is 8.79. The maximum atomic E-state index is 13.8. The Balaban J connectivity index is 1.45. The first-order valence-corrected chi connectivity index (χ1v) is 15.1. The zero-order valence-corrected chi connectivity index (χ0v) is 25.6. The number of urea groups is 1. The number of hydrogen-bond donors (Lipinski definition) is 1. The number of hydrogen-bond acceptors (Lipinski definition) is 4. The quantitative estimate of drug-likeness (QED) is 0.405. The lowest BCUT2D eigenvalue weighted by Gasteiger charge is -2.35. The van der Waals surface area contributed by atoms with Gasteiger partial charge in [-0.05, 0) is 94.4 Å². The third-order valence-electron chi connectivity index (χ3n) is 8.21. The SMILES string of the molecule is Cc1ccc(C2CCN(C(=O)[C@@H](Cc3ccc(Cl)cc3Cl)NC(=O)N3CCCC3)CC2)c(OC[C@@H](C)N(C)C)c1. The van der Waals surface area contributed by atoms with Crippen LogP contribution in [0.5, 0.6) is 5.75 Å². The number of ether oxygens (including phenoxy) is 1. The van der Waals surface area contributed by atoms with Gasteiger partial charge in [-0.25, -0.2) is 4.79 Å². The fraction of sp³-hybridized carbons (Fsp3) is 0.548. The Hall–Kier alpha value is -2.48. The minimum Gasteiger partial charge on any atom is -0.492 e. The Labute approximate surface area is 248 Å². The van der Waals surface area contributed by atoms with E-state index in [0.717, 1.165) is 37.0 Å². The molecule has 2 aromatic carbocycles. The van der Waals surface area contributed by atoms with Crippen LogP contribution in [0.1, 0.15) is 55.2 Å². The zero-order valence-electron chi connectivity index (χ0n) is 24.1. The van der Waals surface area contributed by atoms with Crippen molar-refractivity contribution in [3.63, 3.8) is 0 Å². The number of piperidine rings is 1. The standard InChI is InChI=1S/C31H42Cl2N4O3/c1-21-7-10-26(29(17-21)40-20-22(2)35(3)4)23-11-15-36(16-12-23)30(38)28(34-31(39)37-13-5-6-14-37)18-24-8-9-25(32)19-27(24)33/h7-10,17,19,22-23,28H,5-6,11-16,18,20H2,1-4H3,(H,34,39)/t22-,28-/m1/s1. The largest absolute Gasteiger partial charge is 0.492 e. The van der Waals surface area contributed by atoms with Gasteiger partial charge in [0, 0.05) is 48.7 Å². The van der Waals surface area contributed by atoms with Gasteiger partial charge in [0.1, 0.15) is 18.4 Å². The number of benzene rings is 2. The first-order chi connectivity index (χ1) is 19.1. The number of likely N-dealkylation sites (tertiary alicyclic amines) is 2. The number of nitrogens with zero attached hydrogens (tertiary/aromatic N) is 3. The summed E-state index contributed by atoms with van der Waals surface area (Å²) in [5.74, 6) is 1.17. The number of likely N-dealkylation sites (N-methyl/N-ethyl adjacent to an activating group) is 1. The molecule has 2 heterocycles. The summed E-state index contributed by atoms with van der Waals surface area (Å²) in [6, 6.07) is 11.1. The molecule has 0 saturated carbocycles. The van der Waals surface area contributed by atoms with Crippen LogP contribution in [0.4, 0.5) is 4.79 Å². The molecule has 2 aliphatic rings. The van der Waals surface area contributed by atoms with Gasteiger partial charge >= 0.3 is 6.03 Å². The summed E-state index contributed by atoms with van der Waals surface area (Å²) >= 11 is 12.5. The number of nitrogens with one attached hydrogen (secondary N) is 1. The highest BCUT2D eigenvalue weighted by Crippen LogP contribution is 2.35. The summed E-state index contributed by atoms with van der Waals surface area (Å²) < 4.78 is 6.29. The number of halogens is 2. The van der Waals surface area contributed by atoms with Crippen LogP contribution in [-0.2, 0) is 11.2 Å². The van der Waals surface area contributed by atoms with Gasteiger partial charge in [0.25, 0.3) is 0 Å². The second kappa shape index (κ2) is 13.9. The molecule has 40 heavy (non-hydrogen) atoms. The Bertz CT molecular complexity index is 1180. The number of carbonyl (C=O) groups is 2. The highest BCUT2D eigenvalue weighted by molar-refractivity contribution is 6.35. The van der Waals surface area contributed by atoms with E-state index in [1.165, 1.54) is 11.1 Å². The monoisotopic (exact) mass is 588 g/mol. The summed E-state index contributed by atoms with van der Waals surface area (Å²) in [4.78, 5) is 32.6. The summed E-state index contributed by atoms with van der Waals surface area (Å²) in [6.07, 6.45) is 3.96. The maximum Gasteiger partial charge on any atom is 0.318 e. The van der Waals surface area contributed by atoms with Crippen LogP contribution in [0.25, 0.3) is 0 Å². The van der Waals surface area contributed by atoms with Crippen LogP contribution in [0, 0.1) is 6.92 Å². The summed E-state index contributed by atoms with van der Waals surface area (Å²) in [5.41, 5.74) is 3.16. The third kappa shape index (κ3) is 7.83. The molecular weight excluding hydrogens is 547 g/mol. The molecule has 0 aliphatic carbocycles. The van der Waals surface area contributed by atoms with E-state index in [9.17, 15) is 9.59 Å². The van der Waals surface area contributed by atoms with Gasteiger partial charge in [0.05, 0.1) is 0 Å². The van der Waals surface area contributed by atoms with Gasteiger partial charge in [0.15, 0.2) is 0 Å². The van der Waals surface area contributed by atoms with E-state index in [4.69, 9.17) is 27.9 Å². The van der Waals surface area contributed by atoms with E-state index in [-0.39, 0.29) is 11.9 Å². The summed E-state index contributed by atoms with van der Waals surface area (Å²) in [5, 5.41) is 4.05. The van der Waals surface area contributed by atoms with E-state index >= 15 is 0 Å². The molecule has 4 rings (SSSR count). The van der Waals surface area contributed by atoms with Crippen LogP contribution < -0.4 is 10.1 Å². The van der Waals surface area contributed by atoms with E-state index in [0.29, 0.717) is 61.2 Å². The Kier molecular flexibility index (Phi) is 10.6. The zero-order chi connectivity index (χ0) is 28.8. The number of rotatable bonds is 9. The van der Waals surface area contributed by atoms with Crippen LogP contribution in [0.3, 0.4) is 0 Å². The van der Waals surface area contributed by atoms with Crippen molar-refractivity contribution >= 4 is 35.1 Å². The van der Waals surface area contributed by atoms with Crippen molar-refractivity contribution in [2.75, 3.05) is 46.9 Å². The van der Waals surface area contributed by atoms with Gasteiger partial charge in [-0.15, -0.1) is 0 Å². The van der Waals surface area contributed by atoms with Gasteiger partial charge in [-0.2, -0.15) is 0 Å². The van der Waals surface area contributed by atoms with Crippen LogP contribution >= 0.6 is 23.2 Å². The first-order valence-electron chi connectivity index (χ1n) is 14.3. The molecular formula is C31H42Cl2N4O3. The smallest absolute Gasteiger partial charge is 0.318 e. The fourth-order valence-corrected chi connectivity index (χ4v) is 5.85. The predicted octanol–water partition coefficient (Wildman–Crippen LogP) is 5.75. The molecule has 218 valence electrons. The molecule has 0 bridgehead atoms. The van der Waals surface area contributed by atoms with Gasteiger partial charge in [-0.3, -0.25) is 4.79 Å². The Morgan fingerprint density at radius 2 is 1.73 bits per heavy atom. The minimum absolute atomic E-state index is 0.0720. The van der Waals surface area contributed by atoms with Crippen molar-refractivity contribution < 1.29 is 14.3 Å². The van der Waals surface area contributed by atoms with Crippen molar-refractivity contribution in [2.45, 2.75) is 64.0 Å². The average molecular weight is 590 g/mol. The van der Waals surface area contributed by atoms with Gasteiger partial charge in [0.2, 0.25) is 5.91 Å². The average Bonchev–Trinajstić information content (AvgIpc) is 3.48. The molecule has 9 heteroatoms. The van der Waals surface area contributed by atoms with Crippen molar-refractivity contribution in [1.82, 2.24) is 20.0 Å². The molecule has 3 amide bonds. The predicted molar refractivity (Wildman–Crippen MR) is 162 cm³/mol. The van der Waals surface area contributed by atoms with Crippen molar-refractivity contribution in [2.24, 2.45) is 0 Å². The number of carbonyl (C=O) groups excluding carboxylic acids is 2. The van der Waals surface area contributed by atoms with E-state index < -0.39 is 6.04 Å². The normalized spacial score (nSPS) is 17.7. The van der Waals surface area contributed by atoms with E-state index in [2.05, 4.69) is 56.4 Å². The van der Waals surface area contributed by atoms with E-state index in [1.54, 1.807) is 17.0 Å². The molecule has 0 unspecified atom stereocenters. The molecule has 7 nitrogen and oxygen atoms in total. The lowest BCUT2D eigenvalue weighted by atomic mass is 9.88. The molecule has 2 fully saturated rings. The first kappa shape index (κ1) is 30.5. The van der Waals surface area contributed by atoms with Crippen molar-refractivity contribution in [3.8, 4) is 5.75 Å². The van der Waals surface area contributed by atoms with Crippen LogP contribution in [-0.4, -0.2) is 85.6 Å². The minimum atomic E-state index is -0.700. The lowest BCUT2D eigenvalue weighted by Crippen LogP contribution is -2.54. The number of aryl methyl sites for hydroxylation is 1. The molecule has 2 saturated heterocycles. The summed E-state index contributed by atoms with van der Waals surface area (Å²) in [7, 11) is 4.11. The van der Waals surface area contributed by atoms with Crippen LogP contribution in [0.15, 0.2) is 36.4 Å². The Morgan fingerprint density at radius 3 is 2.38 bits per heavy atom. The molecule has 0 spiro atoms. The van der Waals surface area contributed by atoms with E-state index in [1.807, 2.05) is 11.0 Å². The highest BCUT2D eigenvalue weighted by atomic mass is 35.5. The van der Waals surface area contributed by atoms with Crippen molar-refractivity contribution in [1.29, 1.82) is 0 Å². The lowest BCUT2D eigenvalue weighted by molar-refractivity contribution is -0.134. The molecule has 2 aliphatic heterocycles. The molecule has 1 N–H and O–H groups in total. The molecule has 2 atom stereocenters. The van der Waals surface area contributed by atoms with Gasteiger partial charge in [-0.1, -0.05) is 41.4 Å². The topological polar surface area (TPSA) is 65.1 Å². The van der Waals surface area contributed by atoms with Crippen LogP contribution in [0.2, 0.25) is 10.0 Å².